The Morgan fingerprint density at radius 3 is 2.55 bits per heavy atom. The third-order valence-corrected chi connectivity index (χ3v) is 4.84. The topological polar surface area (TPSA) is 45.0 Å². The summed E-state index contributed by atoms with van der Waals surface area (Å²) in [6, 6.07) is 0.216. The lowest BCUT2D eigenvalue weighted by molar-refractivity contribution is -0.0471. The number of thiocarbonyl (C=S) groups is 1. The summed E-state index contributed by atoms with van der Waals surface area (Å²) in [6.07, 6.45) is 0.364. The van der Waals surface area contributed by atoms with E-state index in [2.05, 4.69) is 28.5 Å². The Bertz CT molecular complexity index is 320. The van der Waals surface area contributed by atoms with Gasteiger partial charge < -0.3 is 10.5 Å². The van der Waals surface area contributed by atoms with E-state index in [-0.39, 0.29) is 6.04 Å². The van der Waals surface area contributed by atoms with Gasteiger partial charge in [0.1, 0.15) is 0 Å². The second-order valence-corrected chi connectivity index (χ2v) is 6.27. The molecule has 0 saturated carbocycles. The van der Waals surface area contributed by atoms with E-state index < -0.39 is 0 Å². The maximum atomic E-state index is 5.89. The smallest absolute Gasteiger partial charge is 0.0899 e. The Labute approximate surface area is 128 Å². The average molecular weight is 300 g/mol. The highest BCUT2D eigenvalue weighted by Gasteiger charge is 2.26. The van der Waals surface area contributed by atoms with Gasteiger partial charge >= 0.3 is 0 Å². The van der Waals surface area contributed by atoms with Crippen molar-refractivity contribution in [3.8, 4) is 0 Å². The standard InChI is InChI=1S/C14H28N4OS/c1-3-16-8-9-19-13(10-16)11-17-4-6-18(7-5-17)12(2)14(15)20/h12-13H,3-11H2,1-2H3,(H2,15,20). The summed E-state index contributed by atoms with van der Waals surface area (Å²) >= 11 is 5.08. The predicted molar refractivity (Wildman–Crippen MR) is 86.1 cm³/mol. The lowest BCUT2D eigenvalue weighted by Gasteiger charge is -2.40. The van der Waals surface area contributed by atoms with Gasteiger partial charge in [0.05, 0.1) is 23.7 Å². The molecule has 5 nitrogen and oxygen atoms in total. The molecule has 0 aromatic carbocycles. The molecule has 6 heteroatoms. The maximum Gasteiger partial charge on any atom is 0.0899 e. The minimum atomic E-state index is 0.216. The fraction of sp³-hybridized carbons (Fsp3) is 0.929. The van der Waals surface area contributed by atoms with Crippen LogP contribution in [0.2, 0.25) is 0 Å². The van der Waals surface area contributed by atoms with Crippen molar-refractivity contribution in [1.29, 1.82) is 0 Å². The van der Waals surface area contributed by atoms with Gasteiger partial charge in [-0.15, -0.1) is 0 Å². The first-order valence-electron chi connectivity index (χ1n) is 7.69. The summed E-state index contributed by atoms with van der Waals surface area (Å²) in [5.41, 5.74) is 5.73. The van der Waals surface area contributed by atoms with Gasteiger partial charge in [0.15, 0.2) is 0 Å². The first-order chi connectivity index (χ1) is 9.60. The minimum Gasteiger partial charge on any atom is -0.392 e. The van der Waals surface area contributed by atoms with Gasteiger partial charge in [0.25, 0.3) is 0 Å². The summed E-state index contributed by atoms with van der Waals surface area (Å²) in [5, 5.41) is 0. The van der Waals surface area contributed by atoms with Crippen LogP contribution in [0.3, 0.4) is 0 Å². The summed E-state index contributed by atoms with van der Waals surface area (Å²) in [7, 11) is 0. The number of likely N-dealkylation sites (N-methyl/N-ethyl adjacent to an activating group) is 1. The molecule has 0 spiro atoms. The molecule has 0 amide bonds. The average Bonchev–Trinajstić information content (AvgIpc) is 2.47. The van der Waals surface area contributed by atoms with Crippen LogP contribution in [0.5, 0.6) is 0 Å². The quantitative estimate of drug-likeness (QED) is 0.721. The highest BCUT2D eigenvalue weighted by atomic mass is 32.1. The second-order valence-electron chi connectivity index (χ2n) is 5.80. The number of nitrogens with two attached hydrogens (primary N) is 1. The molecule has 0 radical (unpaired) electrons. The van der Waals surface area contributed by atoms with Gasteiger partial charge in [-0.3, -0.25) is 14.7 Å². The Balaban J connectivity index is 1.73. The molecule has 2 rings (SSSR count). The van der Waals surface area contributed by atoms with Crippen LogP contribution in [0.1, 0.15) is 13.8 Å². The summed E-state index contributed by atoms with van der Waals surface area (Å²) in [4.78, 5) is 7.96. The first-order valence-corrected chi connectivity index (χ1v) is 8.10. The fourth-order valence-corrected chi connectivity index (χ4v) is 3.13. The van der Waals surface area contributed by atoms with Crippen LogP contribution < -0.4 is 5.73 Å². The lowest BCUT2D eigenvalue weighted by atomic mass is 10.2. The van der Waals surface area contributed by atoms with Crippen LogP contribution in [0.4, 0.5) is 0 Å². The van der Waals surface area contributed by atoms with Crippen LogP contribution in [-0.2, 0) is 4.74 Å². The van der Waals surface area contributed by atoms with Crippen LogP contribution >= 0.6 is 12.2 Å². The summed E-state index contributed by atoms with van der Waals surface area (Å²) < 4.78 is 5.89. The van der Waals surface area contributed by atoms with Gasteiger partial charge in [-0.05, 0) is 13.5 Å². The van der Waals surface area contributed by atoms with E-state index >= 15 is 0 Å². The van der Waals surface area contributed by atoms with E-state index in [9.17, 15) is 0 Å². The minimum absolute atomic E-state index is 0.216. The molecule has 2 heterocycles. The van der Waals surface area contributed by atoms with E-state index in [0.717, 1.165) is 59.0 Å². The molecule has 0 aromatic rings. The zero-order chi connectivity index (χ0) is 14.5. The third-order valence-electron chi connectivity index (χ3n) is 4.50. The van der Waals surface area contributed by atoms with Crippen molar-refractivity contribution >= 4 is 17.2 Å². The van der Waals surface area contributed by atoms with Crippen molar-refractivity contribution < 1.29 is 4.74 Å². The number of nitrogens with zero attached hydrogens (tertiary/aromatic N) is 3. The van der Waals surface area contributed by atoms with Gasteiger partial charge in [0, 0.05) is 45.8 Å². The normalized spacial score (nSPS) is 28.4. The highest BCUT2D eigenvalue weighted by Crippen LogP contribution is 2.11. The van der Waals surface area contributed by atoms with Gasteiger partial charge in [-0.25, -0.2) is 0 Å². The van der Waals surface area contributed by atoms with Crippen LogP contribution in [0.25, 0.3) is 0 Å². The number of hydrogen-bond acceptors (Lipinski definition) is 5. The Hall–Kier alpha value is -0.270. The molecule has 2 atom stereocenters. The van der Waals surface area contributed by atoms with Crippen molar-refractivity contribution in [2.75, 3.05) is 59.0 Å². The Kier molecular flexibility index (Phi) is 6.17. The molecule has 0 aromatic heterocycles. The van der Waals surface area contributed by atoms with Gasteiger partial charge in [-0.1, -0.05) is 19.1 Å². The van der Waals surface area contributed by atoms with Crippen molar-refractivity contribution in [3.63, 3.8) is 0 Å². The maximum absolute atomic E-state index is 5.89. The SMILES string of the molecule is CCN1CCOC(CN2CCN(C(C)C(N)=S)CC2)C1. The molecule has 2 N–H and O–H groups in total. The summed E-state index contributed by atoms with van der Waals surface area (Å²) in [5.74, 6) is 0. The molecular formula is C14H28N4OS. The first kappa shape index (κ1) is 16.1. The van der Waals surface area contributed by atoms with E-state index in [0.29, 0.717) is 11.1 Å². The van der Waals surface area contributed by atoms with E-state index in [4.69, 9.17) is 22.7 Å². The molecule has 2 saturated heterocycles. The second kappa shape index (κ2) is 7.66. The van der Waals surface area contributed by atoms with Crippen LogP contribution in [-0.4, -0.2) is 90.8 Å². The van der Waals surface area contributed by atoms with Gasteiger partial charge in [0.2, 0.25) is 0 Å². The summed E-state index contributed by atoms with van der Waals surface area (Å²) in [6.45, 7) is 13.8. The number of morpholine rings is 1. The Morgan fingerprint density at radius 1 is 1.25 bits per heavy atom. The third kappa shape index (κ3) is 4.36. The molecular weight excluding hydrogens is 272 g/mol. The van der Waals surface area contributed by atoms with Crippen LogP contribution in [0.15, 0.2) is 0 Å². The zero-order valence-corrected chi connectivity index (χ0v) is 13.6. The van der Waals surface area contributed by atoms with Gasteiger partial charge in [-0.2, -0.15) is 0 Å². The van der Waals surface area contributed by atoms with Crippen molar-refractivity contribution in [3.05, 3.63) is 0 Å². The molecule has 2 aliphatic rings. The Morgan fingerprint density at radius 2 is 1.95 bits per heavy atom. The number of hydrogen-bond donors (Lipinski definition) is 1. The molecule has 2 fully saturated rings. The largest absolute Gasteiger partial charge is 0.392 e. The zero-order valence-electron chi connectivity index (χ0n) is 12.8. The highest BCUT2D eigenvalue weighted by molar-refractivity contribution is 7.80. The fourth-order valence-electron chi connectivity index (χ4n) is 2.98. The van der Waals surface area contributed by atoms with E-state index in [1.165, 1.54) is 0 Å². The number of rotatable bonds is 5. The monoisotopic (exact) mass is 300 g/mol. The molecule has 116 valence electrons. The molecule has 0 bridgehead atoms. The number of piperazine rings is 1. The van der Waals surface area contributed by atoms with E-state index in [1.807, 2.05) is 0 Å². The van der Waals surface area contributed by atoms with Crippen LogP contribution in [0, 0.1) is 0 Å². The molecule has 2 aliphatic heterocycles. The van der Waals surface area contributed by atoms with Crippen molar-refractivity contribution in [2.24, 2.45) is 5.73 Å². The van der Waals surface area contributed by atoms with Crippen molar-refractivity contribution in [1.82, 2.24) is 14.7 Å². The van der Waals surface area contributed by atoms with Crippen molar-refractivity contribution in [2.45, 2.75) is 26.0 Å². The molecule has 0 aliphatic carbocycles. The predicted octanol–water partition coefficient (Wildman–Crippen LogP) is -0.000700. The van der Waals surface area contributed by atoms with E-state index in [1.54, 1.807) is 0 Å². The number of ether oxygens (including phenoxy) is 1. The lowest BCUT2D eigenvalue weighted by Crippen LogP contribution is -2.55. The molecule has 20 heavy (non-hydrogen) atoms. The molecule has 2 unspecified atom stereocenters.